The Morgan fingerprint density at radius 1 is 1.37 bits per heavy atom. The summed E-state index contributed by atoms with van der Waals surface area (Å²) in [4.78, 5) is 12.1. The van der Waals surface area contributed by atoms with Crippen molar-refractivity contribution in [1.82, 2.24) is 14.5 Å². The van der Waals surface area contributed by atoms with Crippen molar-refractivity contribution in [2.45, 2.75) is 19.3 Å². The fraction of sp³-hybridized carbons (Fsp3) is 0.400. The van der Waals surface area contributed by atoms with E-state index in [4.69, 9.17) is 0 Å². The summed E-state index contributed by atoms with van der Waals surface area (Å²) < 4.78 is 3.39. The zero-order chi connectivity index (χ0) is 13.4. The van der Waals surface area contributed by atoms with E-state index in [0.29, 0.717) is 5.92 Å². The normalized spacial score (nSPS) is 18.9. The molecule has 19 heavy (non-hydrogen) atoms. The molecule has 4 nitrogen and oxygen atoms in total. The summed E-state index contributed by atoms with van der Waals surface area (Å²) in [6.45, 7) is 4.08. The summed E-state index contributed by atoms with van der Waals surface area (Å²) in [5.74, 6) is 0.569. The molecule has 2 heterocycles. The average molecular weight is 257 g/mol. The Kier molecular flexibility index (Phi) is 3.03. The van der Waals surface area contributed by atoms with Crippen LogP contribution in [0, 0.1) is 6.92 Å². The van der Waals surface area contributed by atoms with Crippen LogP contribution >= 0.6 is 0 Å². The predicted molar refractivity (Wildman–Crippen MR) is 76.0 cm³/mol. The van der Waals surface area contributed by atoms with Crippen molar-refractivity contribution >= 4 is 0 Å². The molecule has 0 amide bonds. The van der Waals surface area contributed by atoms with Crippen LogP contribution in [0.25, 0.3) is 5.69 Å². The second-order valence-electron chi connectivity index (χ2n) is 5.28. The number of rotatable bonds is 2. The Balaban J connectivity index is 2.05. The highest BCUT2D eigenvalue weighted by Crippen LogP contribution is 2.24. The van der Waals surface area contributed by atoms with Crippen LogP contribution in [0.3, 0.4) is 0 Å². The lowest BCUT2D eigenvalue weighted by Gasteiger charge is -2.11. The molecule has 0 bridgehead atoms. The molecule has 3 rings (SSSR count). The van der Waals surface area contributed by atoms with Gasteiger partial charge in [0.2, 0.25) is 0 Å². The molecule has 1 saturated heterocycles. The van der Waals surface area contributed by atoms with Crippen LogP contribution in [-0.4, -0.2) is 22.2 Å². The number of aryl methyl sites for hydroxylation is 2. The van der Waals surface area contributed by atoms with Crippen LogP contribution in [0.5, 0.6) is 0 Å². The van der Waals surface area contributed by atoms with Crippen molar-refractivity contribution in [2.75, 3.05) is 13.1 Å². The van der Waals surface area contributed by atoms with E-state index in [1.165, 1.54) is 12.0 Å². The second kappa shape index (κ2) is 4.70. The van der Waals surface area contributed by atoms with Crippen molar-refractivity contribution in [3.8, 4) is 5.69 Å². The van der Waals surface area contributed by atoms with E-state index in [1.807, 2.05) is 25.3 Å². The predicted octanol–water partition coefficient (Wildman–Crippen LogP) is 1.56. The second-order valence-corrected chi connectivity index (χ2v) is 5.28. The average Bonchev–Trinajstić information content (AvgIpc) is 3.00. The monoisotopic (exact) mass is 257 g/mol. The van der Waals surface area contributed by atoms with Gasteiger partial charge in [-0.1, -0.05) is 12.1 Å². The van der Waals surface area contributed by atoms with E-state index in [2.05, 4.69) is 17.4 Å². The number of benzene rings is 1. The van der Waals surface area contributed by atoms with E-state index >= 15 is 0 Å². The number of imidazole rings is 1. The van der Waals surface area contributed by atoms with E-state index in [1.54, 1.807) is 16.2 Å². The SMILES string of the molecule is Cc1cn(C)c(=O)n1-c1cccc(C2CCNC2)c1. The first-order valence-corrected chi connectivity index (χ1v) is 6.73. The Hall–Kier alpha value is -1.81. The molecular formula is C15H19N3O. The third-order valence-electron chi connectivity index (χ3n) is 3.89. The number of nitrogens with one attached hydrogen (secondary N) is 1. The number of nitrogens with zero attached hydrogens (tertiary/aromatic N) is 2. The lowest BCUT2D eigenvalue weighted by molar-refractivity contribution is 0.760. The summed E-state index contributed by atoms with van der Waals surface area (Å²) in [6.07, 6.45) is 3.04. The highest BCUT2D eigenvalue weighted by atomic mass is 16.1. The van der Waals surface area contributed by atoms with E-state index in [9.17, 15) is 4.79 Å². The molecule has 0 radical (unpaired) electrons. The highest BCUT2D eigenvalue weighted by molar-refractivity contribution is 5.39. The van der Waals surface area contributed by atoms with Crippen LogP contribution in [0.2, 0.25) is 0 Å². The molecule has 1 aromatic heterocycles. The summed E-state index contributed by atoms with van der Waals surface area (Å²) in [6, 6.07) is 8.35. The Morgan fingerprint density at radius 3 is 2.84 bits per heavy atom. The van der Waals surface area contributed by atoms with Gasteiger partial charge in [0.1, 0.15) is 0 Å². The smallest absolute Gasteiger partial charge is 0.316 e. The van der Waals surface area contributed by atoms with Gasteiger partial charge >= 0.3 is 5.69 Å². The fourth-order valence-corrected chi connectivity index (χ4v) is 2.87. The summed E-state index contributed by atoms with van der Waals surface area (Å²) in [5.41, 5.74) is 3.26. The lowest BCUT2D eigenvalue weighted by atomic mass is 9.98. The molecule has 4 heteroatoms. The van der Waals surface area contributed by atoms with Gasteiger partial charge in [0.15, 0.2) is 0 Å². The maximum atomic E-state index is 12.1. The lowest BCUT2D eigenvalue weighted by Crippen LogP contribution is -2.21. The molecule has 0 aliphatic carbocycles. The summed E-state index contributed by atoms with van der Waals surface area (Å²) in [7, 11) is 1.79. The molecular weight excluding hydrogens is 238 g/mol. The van der Waals surface area contributed by atoms with E-state index < -0.39 is 0 Å². The zero-order valence-electron chi connectivity index (χ0n) is 11.4. The van der Waals surface area contributed by atoms with Crippen molar-refractivity contribution < 1.29 is 0 Å². The Bertz CT molecular complexity index is 648. The highest BCUT2D eigenvalue weighted by Gasteiger charge is 2.17. The van der Waals surface area contributed by atoms with Crippen LogP contribution in [0.15, 0.2) is 35.3 Å². The van der Waals surface area contributed by atoms with Gasteiger partial charge in [0, 0.05) is 25.5 Å². The van der Waals surface area contributed by atoms with Gasteiger partial charge < -0.3 is 9.88 Å². The van der Waals surface area contributed by atoms with Crippen molar-refractivity contribution in [3.05, 3.63) is 52.2 Å². The minimum Gasteiger partial charge on any atom is -0.316 e. The maximum Gasteiger partial charge on any atom is 0.332 e. The van der Waals surface area contributed by atoms with Crippen LogP contribution in [0.1, 0.15) is 23.6 Å². The third kappa shape index (κ3) is 2.12. The van der Waals surface area contributed by atoms with Gasteiger partial charge in [0.05, 0.1) is 5.69 Å². The minimum atomic E-state index is 0.0131. The van der Waals surface area contributed by atoms with Crippen LogP contribution < -0.4 is 11.0 Å². The first kappa shape index (κ1) is 12.2. The van der Waals surface area contributed by atoms with Gasteiger partial charge in [-0.05, 0) is 43.5 Å². The third-order valence-corrected chi connectivity index (χ3v) is 3.89. The number of hydrogen-bond donors (Lipinski definition) is 1. The van der Waals surface area contributed by atoms with Crippen LogP contribution in [-0.2, 0) is 7.05 Å². The number of hydrogen-bond acceptors (Lipinski definition) is 2. The molecule has 1 N–H and O–H groups in total. The largest absolute Gasteiger partial charge is 0.332 e. The van der Waals surface area contributed by atoms with Gasteiger partial charge in [-0.25, -0.2) is 4.79 Å². The van der Waals surface area contributed by atoms with E-state index in [-0.39, 0.29) is 5.69 Å². The molecule has 1 unspecified atom stereocenters. The molecule has 0 spiro atoms. The quantitative estimate of drug-likeness (QED) is 0.887. The van der Waals surface area contributed by atoms with Gasteiger partial charge in [-0.2, -0.15) is 0 Å². The molecule has 1 aromatic carbocycles. The first-order valence-electron chi connectivity index (χ1n) is 6.73. The minimum absolute atomic E-state index is 0.0131. The van der Waals surface area contributed by atoms with Gasteiger partial charge in [-0.3, -0.25) is 4.57 Å². The standard InChI is InChI=1S/C15H19N3O/c1-11-10-17(2)15(19)18(11)14-5-3-4-12(8-14)13-6-7-16-9-13/h3-5,8,10,13,16H,6-7,9H2,1-2H3. The summed E-state index contributed by atoms with van der Waals surface area (Å²) >= 11 is 0. The van der Waals surface area contributed by atoms with Crippen LogP contribution in [0.4, 0.5) is 0 Å². The molecule has 0 saturated carbocycles. The Morgan fingerprint density at radius 2 is 2.21 bits per heavy atom. The van der Waals surface area contributed by atoms with Gasteiger partial charge in [-0.15, -0.1) is 0 Å². The zero-order valence-corrected chi connectivity index (χ0v) is 11.4. The summed E-state index contributed by atoms with van der Waals surface area (Å²) in [5, 5.41) is 3.38. The molecule has 1 aliphatic heterocycles. The molecule has 1 atom stereocenters. The maximum absolute atomic E-state index is 12.1. The molecule has 1 fully saturated rings. The van der Waals surface area contributed by atoms with E-state index in [0.717, 1.165) is 24.5 Å². The van der Waals surface area contributed by atoms with Gasteiger partial charge in [0.25, 0.3) is 0 Å². The van der Waals surface area contributed by atoms with Crippen molar-refractivity contribution in [1.29, 1.82) is 0 Å². The topological polar surface area (TPSA) is 39.0 Å². The molecule has 100 valence electrons. The molecule has 1 aliphatic rings. The molecule has 2 aromatic rings. The Labute approximate surface area is 112 Å². The number of aromatic nitrogens is 2. The van der Waals surface area contributed by atoms with Crippen molar-refractivity contribution in [3.63, 3.8) is 0 Å². The van der Waals surface area contributed by atoms with Crippen molar-refractivity contribution in [2.24, 2.45) is 7.05 Å². The fourth-order valence-electron chi connectivity index (χ4n) is 2.87. The first-order chi connectivity index (χ1) is 9.16.